The van der Waals surface area contributed by atoms with Gasteiger partial charge in [0.25, 0.3) is 0 Å². The molecule has 2 aliphatic carbocycles. The van der Waals surface area contributed by atoms with E-state index in [0.29, 0.717) is 12.8 Å². The van der Waals surface area contributed by atoms with Gasteiger partial charge in [-0.25, -0.2) is 0 Å². The first-order valence-corrected chi connectivity index (χ1v) is 7.64. The van der Waals surface area contributed by atoms with Crippen molar-refractivity contribution < 1.29 is 19.4 Å². The van der Waals surface area contributed by atoms with Crippen molar-refractivity contribution in [1.82, 2.24) is 4.90 Å². The fourth-order valence-electron chi connectivity index (χ4n) is 3.73. The highest BCUT2D eigenvalue weighted by molar-refractivity contribution is 5.85. The maximum Gasteiger partial charge on any atom is 0.310 e. The molecule has 0 spiro atoms. The lowest BCUT2D eigenvalue weighted by Crippen LogP contribution is -2.69. The molecule has 0 radical (unpaired) electrons. The third-order valence-electron chi connectivity index (χ3n) is 6.34. The van der Waals surface area contributed by atoms with Crippen molar-refractivity contribution in [3.63, 3.8) is 0 Å². The standard InChI is InChI=1S/C16H27NO4/c1-14(2)11(9-15(14,3)21-5)17(4)12(18)10-16(13(19)20)7-6-8-16/h11H,6-10H2,1-5H3,(H,19,20). The number of hydrogen-bond acceptors (Lipinski definition) is 3. The van der Waals surface area contributed by atoms with Crippen LogP contribution in [-0.4, -0.2) is 47.7 Å². The van der Waals surface area contributed by atoms with Gasteiger partial charge in [0.15, 0.2) is 0 Å². The van der Waals surface area contributed by atoms with Gasteiger partial charge in [-0.15, -0.1) is 0 Å². The number of carbonyl (C=O) groups is 2. The van der Waals surface area contributed by atoms with Gasteiger partial charge in [-0.05, 0) is 26.2 Å². The van der Waals surface area contributed by atoms with E-state index in [4.69, 9.17) is 4.74 Å². The van der Waals surface area contributed by atoms with Crippen LogP contribution in [-0.2, 0) is 14.3 Å². The predicted molar refractivity (Wildman–Crippen MR) is 78.9 cm³/mol. The van der Waals surface area contributed by atoms with Gasteiger partial charge in [-0.1, -0.05) is 20.3 Å². The summed E-state index contributed by atoms with van der Waals surface area (Å²) >= 11 is 0. The number of amides is 1. The summed E-state index contributed by atoms with van der Waals surface area (Å²) in [5, 5.41) is 9.36. The van der Waals surface area contributed by atoms with Crippen molar-refractivity contribution >= 4 is 11.9 Å². The molecule has 2 fully saturated rings. The molecule has 0 bridgehead atoms. The fourth-order valence-corrected chi connectivity index (χ4v) is 3.73. The molecule has 21 heavy (non-hydrogen) atoms. The quantitative estimate of drug-likeness (QED) is 0.845. The summed E-state index contributed by atoms with van der Waals surface area (Å²) in [7, 11) is 3.49. The van der Waals surface area contributed by atoms with E-state index in [2.05, 4.69) is 20.8 Å². The third-order valence-corrected chi connectivity index (χ3v) is 6.34. The van der Waals surface area contributed by atoms with Crippen LogP contribution >= 0.6 is 0 Å². The van der Waals surface area contributed by atoms with Gasteiger partial charge in [-0.2, -0.15) is 0 Å². The Hall–Kier alpha value is -1.10. The molecule has 2 rings (SSSR count). The molecule has 0 aliphatic heterocycles. The number of carboxylic acids is 1. The second kappa shape index (κ2) is 4.97. The van der Waals surface area contributed by atoms with Crippen LogP contribution in [0.4, 0.5) is 0 Å². The maximum atomic E-state index is 12.5. The summed E-state index contributed by atoms with van der Waals surface area (Å²) in [5.41, 5.74) is -1.18. The van der Waals surface area contributed by atoms with Crippen LogP contribution in [0.1, 0.15) is 52.9 Å². The van der Waals surface area contributed by atoms with Crippen molar-refractivity contribution in [3.8, 4) is 0 Å². The topological polar surface area (TPSA) is 66.8 Å². The summed E-state index contributed by atoms with van der Waals surface area (Å²) in [6, 6.07) is 0.0980. The molecule has 2 atom stereocenters. The molecule has 0 aromatic rings. The lowest BCUT2D eigenvalue weighted by Gasteiger charge is -2.61. The van der Waals surface area contributed by atoms with Crippen LogP contribution in [0.2, 0.25) is 0 Å². The molecule has 2 aliphatic rings. The number of aliphatic carboxylic acids is 1. The van der Waals surface area contributed by atoms with Gasteiger partial charge in [0.1, 0.15) is 0 Å². The molecule has 5 heteroatoms. The highest BCUT2D eigenvalue weighted by Crippen LogP contribution is 2.54. The second-order valence-electron chi connectivity index (χ2n) is 7.50. The zero-order valence-corrected chi connectivity index (χ0v) is 13.7. The number of ether oxygens (including phenoxy) is 1. The number of nitrogens with zero attached hydrogens (tertiary/aromatic N) is 1. The molecule has 1 amide bonds. The summed E-state index contributed by atoms with van der Waals surface area (Å²) in [4.78, 5) is 25.6. The smallest absolute Gasteiger partial charge is 0.310 e. The van der Waals surface area contributed by atoms with Crippen molar-refractivity contribution in [3.05, 3.63) is 0 Å². The molecule has 0 saturated heterocycles. The Morgan fingerprint density at radius 2 is 1.86 bits per heavy atom. The Balaban J connectivity index is 2.03. The summed E-state index contributed by atoms with van der Waals surface area (Å²) in [6.45, 7) is 6.27. The summed E-state index contributed by atoms with van der Waals surface area (Å²) < 4.78 is 5.59. The minimum atomic E-state index is -0.829. The average molecular weight is 297 g/mol. The van der Waals surface area contributed by atoms with Crippen LogP contribution in [0.25, 0.3) is 0 Å². The minimum absolute atomic E-state index is 0.0617. The summed E-state index contributed by atoms with van der Waals surface area (Å²) in [6.07, 6.45) is 3.05. The van der Waals surface area contributed by atoms with Crippen LogP contribution in [0, 0.1) is 10.8 Å². The zero-order valence-electron chi connectivity index (χ0n) is 13.7. The van der Waals surface area contributed by atoms with Crippen LogP contribution in [0.3, 0.4) is 0 Å². The Morgan fingerprint density at radius 1 is 1.29 bits per heavy atom. The monoisotopic (exact) mass is 297 g/mol. The van der Waals surface area contributed by atoms with Gasteiger partial charge >= 0.3 is 5.97 Å². The van der Waals surface area contributed by atoms with E-state index >= 15 is 0 Å². The highest BCUT2D eigenvalue weighted by Gasteiger charge is 2.60. The molecule has 5 nitrogen and oxygen atoms in total. The molecular weight excluding hydrogens is 270 g/mol. The van der Waals surface area contributed by atoms with Gasteiger partial charge in [0.2, 0.25) is 5.91 Å². The van der Waals surface area contributed by atoms with E-state index in [1.54, 1.807) is 19.1 Å². The number of methoxy groups -OCH3 is 1. The van der Waals surface area contributed by atoms with Gasteiger partial charge in [0.05, 0.1) is 11.0 Å². The molecule has 0 heterocycles. The van der Waals surface area contributed by atoms with Crippen LogP contribution in [0.15, 0.2) is 0 Å². The molecule has 120 valence electrons. The molecular formula is C16H27NO4. The largest absolute Gasteiger partial charge is 0.481 e. The molecule has 0 aromatic carbocycles. The van der Waals surface area contributed by atoms with Crippen molar-refractivity contribution in [2.45, 2.75) is 64.5 Å². The van der Waals surface area contributed by atoms with Gasteiger partial charge in [0, 0.05) is 32.0 Å². The van der Waals surface area contributed by atoms with E-state index in [9.17, 15) is 14.7 Å². The SMILES string of the molecule is COC1(C)CC(N(C)C(=O)CC2(C(=O)O)CCC2)C1(C)C. The maximum absolute atomic E-state index is 12.5. The molecule has 1 N–H and O–H groups in total. The highest BCUT2D eigenvalue weighted by atomic mass is 16.5. The normalized spacial score (nSPS) is 32.7. The third kappa shape index (κ3) is 2.26. The van der Waals surface area contributed by atoms with Crippen LogP contribution in [0.5, 0.6) is 0 Å². The molecule has 2 saturated carbocycles. The summed E-state index contributed by atoms with van der Waals surface area (Å²) in [5.74, 6) is -0.890. The number of hydrogen-bond donors (Lipinski definition) is 1. The van der Waals surface area contributed by atoms with Crippen molar-refractivity contribution in [2.75, 3.05) is 14.2 Å². The minimum Gasteiger partial charge on any atom is -0.481 e. The predicted octanol–water partition coefficient (Wildman–Crippen LogP) is 2.29. The first-order chi connectivity index (χ1) is 9.59. The number of rotatable bonds is 5. The average Bonchev–Trinajstić information content (AvgIpc) is 2.37. The van der Waals surface area contributed by atoms with Crippen molar-refractivity contribution in [2.24, 2.45) is 10.8 Å². The van der Waals surface area contributed by atoms with Crippen LogP contribution < -0.4 is 0 Å². The lowest BCUT2D eigenvalue weighted by molar-refractivity contribution is -0.208. The molecule has 0 aromatic heterocycles. The number of carbonyl (C=O) groups excluding carboxylic acids is 1. The Kier molecular flexibility index (Phi) is 3.85. The first kappa shape index (κ1) is 16.3. The van der Waals surface area contributed by atoms with Crippen molar-refractivity contribution in [1.29, 1.82) is 0 Å². The Labute approximate surface area is 126 Å². The fraction of sp³-hybridized carbons (Fsp3) is 0.875. The Bertz CT molecular complexity index is 455. The van der Waals surface area contributed by atoms with Gasteiger partial charge in [-0.3, -0.25) is 9.59 Å². The van der Waals surface area contributed by atoms with E-state index < -0.39 is 11.4 Å². The second-order valence-corrected chi connectivity index (χ2v) is 7.50. The first-order valence-electron chi connectivity index (χ1n) is 7.64. The van der Waals surface area contributed by atoms with Gasteiger partial charge < -0.3 is 14.7 Å². The number of carboxylic acid groups (broad SMARTS) is 1. The molecule has 2 unspecified atom stereocenters. The van der Waals surface area contributed by atoms with E-state index in [0.717, 1.165) is 12.8 Å². The van der Waals surface area contributed by atoms with E-state index in [-0.39, 0.29) is 29.4 Å². The zero-order chi connectivity index (χ0) is 16.1. The van der Waals surface area contributed by atoms with E-state index in [1.807, 2.05) is 0 Å². The lowest BCUT2D eigenvalue weighted by atomic mass is 9.55. The van der Waals surface area contributed by atoms with E-state index in [1.165, 1.54) is 0 Å². The Morgan fingerprint density at radius 3 is 2.19 bits per heavy atom.